The minimum absolute atomic E-state index is 0.401. The smallest absolute Gasteiger partial charge is 0.111 e. The van der Waals surface area contributed by atoms with Crippen molar-refractivity contribution in [1.29, 1.82) is 0 Å². The number of para-hydroxylation sites is 1. The van der Waals surface area contributed by atoms with Crippen molar-refractivity contribution in [3.05, 3.63) is 29.6 Å². The summed E-state index contributed by atoms with van der Waals surface area (Å²) in [5, 5.41) is 0. The standard InChI is InChI=1S/C15H19ClN2/c1-10-5-4-6-11-14(10)17-13(7-8-16)18(11)12-9-15(12,2)3/h4-6,12H,7-9H2,1-3H3. The lowest BCUT2D eigenvalue weighted by molar-refractivity contribution is 0.537. The molecule has 1 saturated carbocycles. The maximum absolute atomic E-state index is 5.92. The zero-order valence-corrected chi connectivity index (χ0v) is 12.0. The number of nitrogens with zero attached hydrogens (tertiary/aromatic N) is 2. The Morgan fingerprint density at radius 1 is 1.44 bits per heavy atom. The quantitative estimate of drug-likeness (QED) is 0.762. The van der Waals surface area contributed by atoms with E-state index in [-0.39, 0.29) is 0 Å². The summed E-state index contributed by atoms with van der Waals surface area (Å²) in [6.45, 7) is 6.77. The molecule has 0 radical (unpaired) electrons. The van der Waals surface area contributed by atoms with Gasteiger partial charge in [-0.1, -0.05) is 26.0 Å². The van der Waals surface area contributed by atoms with Crippen molar-refractivity contribution in [3.63, 3.8) is 0 Å². The van der Waals surface area contributed by atoms with Gasteiger partial charge in [0.2, 0.25) is 0 Å². The Bertz CT molecular complexity index is 598. The third kappa shape index (κ3) is 1.74. The zero-order chi connectivity index (χ0) is 12.9. The molecule has 1 unspecified atom stereocenters. The number of halogens is 1. The fourth-order valence-electron chi connectivity index (χ4n) is 2.79. The fraction of sp³-hybridized carbons (Fsp3) is 0.533. The van der Waals surface area contributed by atoms with Crippen LogP contribution >= 0.6 is 11.6 Å². The molecule has 2 nitrogen and oxygen atoms in total. The number of alkyl halides is 1. The molecule has 96 valence electrons. The van der Waals surface area contributed by atoms with Crippen molar-refractivity contribution < 1.29 is 0 Å². The molecule has 1 aromatic carbocycles. The van der Waals surface area contributed by atoms with Gasteiger partial charge in [0.25, 0.3) is 0 Å². The lowest BCUT2D eigenvalue weighted by Gasteiger charge is -2.10. The minimum atomic E-state index is 0.401. The van der Waals surface area contributed by atoms with Crippen molar-refractivity contribution in [3.8, 4) is 0 Å². The molecule has 18 heavy (non-hydrogen) atoms. The number of hydrogen-bond acceptors (Lipinski definition) is 1. The highest BCUT2D eigenvalue weighted by Crippen LogP contribution is 2.56. The Hall–Kier alpha value is -1.02. The van der Waals surface area contributed by atoms with Gasteiger partial charge in [0.15, 0.2) is 0 Å². The van der Waals surface area contributed by atoms with Crippen LogP contribution in [-0.4, -0.2) is 15.4 Å². The Balaban J connectivity index is 2.20. The van der Waals surface area contributed by atoms with Crippen LogP contribution in [0.5, 0.6) is 0 Å². The highest BCUT2D eigenvalue weighted by molar-refractivity contribution is 6.17. The summed E-state index contributed by atoms with van der Waals surface area (Å²) in [4.78, 5) is 4.81. The van der Waals surface area contributed by atoms with Crippen molar-refractivity contribution in [1.82, 2.24) is 9.55 Å². The first-order valence-corrected chi connectivity index (χ1v) is 7.10. The van der Waals surface area contributed by atoms with E-state index >= 15 is 0 Å². The fourth-order valence-corrected chi connectivity index (χ4v) is 2.96. The van der Waals surface area contributed by atoms with Gasteiger partial charge in [-0.2, -0.15) is 0 Å². The molecule has 1 aliphatic carbocycles. The average Bonchev–Trinajstić information content (AvgIpc) is 2.78. The lowest BCUT2D eigenvalue weighted by Crippen LogP contribution is -2.06. The van der Waals surface area contributed by atoms with E-state index in [4.69, 9.17) is 16.6 Å². The van der Waals surface area contributed by atoms with E-state index in [1.807, 2.05) is 0 Å². The largest absolute Gasteiger partial charge is 0.324 e. The first-order valence-electron chi connectivity index (χ1n) is 6.57. The maximum Gasteiger partial charge on any atom is 0.111 e. The third-order valence-electron chi connectivity index (χ3n) is 4.09. The van der Waals surface area contributed by atoms with Gasteiger partial charge in [-0.3, -0.25) is 0 Å². The van der Waals surface area contributed by atoms with Crippen molar-refractivity contribution in [2.24, 2.45) is 5.41 Å². The Kier molecular flexibility index (Phi) is 2.67. The molecule has 0 bridgehead atoms. The molecule has 3 rings (SSSR count). The van der Waals surface area contributed by atoms with E-state index in [9.17, 15) is 0 Å². The van der Waals surface area contributed by atoms with E-state index in [2.05, 4.69) is 43.5 Å². The first kappa shape index (κ1) is 12.0. The molecule has 0 saturated heterocycles. The van der Waals surface area contributed by atoms with Crippen LogP contribution in [0.2, 0.25) is 0 Å². The Labute approximate surface area is 113 Å². The number of rotatable bonds is 3. The van der Waals surface area contributed by atoms with Crippen LogP contribution in [0.25, 0.3) is 11.0 Å². The molecular weight excluding hydrogens is 244 g/mol. The average molecular weight is 263 g/mol. The van der Waals surface area contributed by atoms with Gasteiger partial charge in [0.1, 0.15) is 5.82 Å². The van der Waals surface area contributed by atoms with Gasteiger partial charge in [-0.15, -0.1) is 11.6 Å². The summed E-state index contributed by atoms with van der Waals surface area (Å²) < 4.78 is 2.42. The Morgan fingerprint density at radius 2 is 2.17 bits per heavy atom. The molecular formula is C15H19ClN2. The van der Waals surface area contributed by atoms with Crippen molar-refractivity contribution in [2.45, 2.75) is 39.7 Å². The molecule has 3 heteroatoms. The van der Waals surface area contributed by atoms with Gasteiger partial charge in [0.05, 0.1) is 11.0 Å². The van der Waals surface area contributed by atoms with Crippen LogP contribution in [0.1, 0.15) is 37.7 Å². The van der Waals surface area contributed by atoms with Crippen LogP contribution in [0.3, 0.4) is 0 Å². The normalized spacial score (nSPS) is 21.4. The Morgan fingerprint density at radius 3 is 2.78 bits per heavy atom. The molecule has 1 aliphatic rings. The summed E-state index contributed by atoms with van der Waals surface area (Å²) >= 11 is 5.92. The van der Waals surface area contributed by atoms with Crippen LogP contribution in [0.4, 0.5) is 0 Å². The molecule has 0 amide bonds. The predicted molar refractivity (Wildman–Crippen MR) is 76.3 cm³/mol. The van der Waals surface area contributed by atoms with Crippen molar-refractivity contribution in [2.75, 3.05) is 5.88 Å². The second kappa shape index (κ2) is 3.99. The molecule has 2 aromatic rings. The number of fused-ring (bicyclic) bond motifs is 1. The summed E-state index contributed by atoms with van der Waals surface area (Å²) in [5.41, 5.74) is 4.06. The van der Waals surface area contributed by atoms with Gasteiger partial charge < -0.3 is 4.57 Å². The number of aryl methyl sites for hydroxylation is 2. The first-order chi connectivity index (χ1) is 8.54. The van der Waals surface area contributed by atoms with E-state index in [0.717, 1.165) is 17.8 Å². The lowest BCUT2D eigenvalue weighted by atomic mass is 10.1. The molecule has 1 fully saturated rings. The SMILES string of the molecule is Cc1cccc2c1nc(CCCl)n2C1CC1(C)C. The molecule has 0 aliphatic heterocycles. The number of aromatic nitrogens is 2. The van der Waals surface area contributed by atoms with Crippen LogP contribution in [-0.2, 0) is 6.42 Å². The highest BCUT2D eigenvalue weighted by atomic mass is 35.5. The zero-order valence-electron chi connectivity index (χ0n) is 11.2. The van der Waals surface area contributed by atoms with Crippen LogP contribution in [0.15, 0.2) is 18.2 Å². The number of benzene rings is 1. The van der Waals surface area contributed by atoms with E-state index in [1.165, 1.54) is 17.5 Å². The summed E-state index contributed by atoms with van der Waals surface area (Å²) in [5.74, 6) is 1.78. The summed E-state index contributed by atoms with van der Waals surface area (Å²) in [7, 11) is 0. The van der Waals surface area contributed by atoms with Crippen molar-refractivity contribution >= 4 is 22.6 Å². The highest BCUT2D eigenvalue weighted by Gasteiger charge is 2.48. The van der Waals surface area contributed by atoms with Crippen LogP contribution in [0, 0.1) is 12.3 Å². The van der Waals surface area contributed by atoms with Gasteiger partial charge in [0, 0.05) is 18.3 Å². The molecule has 1 atom stereocenters. The predicted octanol–water partition coefficient (Wildman–Crippen LogP) is 4.10. The van der Waals surface area contributed by atoms with E-state index in [0.29, 0.717) is 17.3 Å². The van der Waals surface area contributed by atoms with Gasteiger partial charge in [-0.25, -0.2) is 4.98 Å². The minimum Gasteiger partial charge on any atom is -0.324 e. The monoisotopic (exact) mass is 262 g/mol. The number of imidazole rings is 1. The summed E-state index contributed by atoms with van der Waals surface area (Å²) in [6, 6.07) is 7.02. The van der Waals surface area contributed by atoms with Gasteiger partial charge in [-0.05, 0) is 30.4 Å². The molecule has 0 N–H and O–H groups in total. The topological polar surface area (TPSA) is 17.8 Å². The third-order valence-corrected chi connectivity index (χ3v) is 4.28. The summed E-state index contributed by atoms with van der Waals surface area (Å²) in [6.07, 6.45) is 2.09. The van der Waals surface area contributed by atoms with E-state index in [1.54, 1.807) is 0 Å². The van der Waals surface area contributed by atoms with Gasteiger partial charge >= 0.3 is 0 Å². The molecule has 1 heterocycles. The second-order valence-electron chi connectivity index (χ2n) is 5.99. The molecule has 1 aromatic heterocycles. The molecule has 0 spiro atoms. The van der Waals surface area contributed by atoms with E-state index < -0.39 is 0 Å². The van der Waals surface area contributed by atoms with Crippen LogP contribution < -0.4 is 0 Å². The maximum atomic E-state index is 5.92. The number of hydrogen-bond donors (Lipinski definition) is 0. The second-order valence-corrected chi connectivity index (χ2v) is 6.37.